The summed E-state index contributed by atoms with van der Waals surface area (Å²) < 4.78 is 0. The van der Waals surface area contributed by atoms with E-state index >= 15 is 0 Å². The van der Waals surface area contributed by atoms with E-state index in [9.17, 15) is 10.1 Å². The quantitative estimate of drug-likeness (QED) is 0.630. The zero-order valence-corrected chi connectivity index (χ0v) is 17.8. The van der Waals surface area contributed by atoms with E-state index in [4.69, 9.17) is 0 Å². The third kappa shape index (κ3) is 4.68. The summed E-state index contributed by atoms with van der Waals surface area (Å²) in [6, 6.07) is 20.2. The van der Waals surface area contributed by atoms with Crippen molar-refractivity contribution in [2.75, 3.05) is 11.9 Å². The normalized spacial score (nSPS) is 13.1. The molecule has 148 valence electrons. The fraction of sp³-hybridized carbons (Fsp3) is 0.217. The Hall–Kier alpha value is -2.65. The van der Waals surface area contributed by atoms with E-state index in [0.717, 1.165) is 37.2 Å². The monoisotopic (exact) mass is 423 g/mol. The van der Waals surface area contributed by atoms with Gasteiger partial charge in [-0.2, -0.15) is 5.26 Å². The molecule has 0 saturated heterocycles. The topological polar surface area (TPSA) is 56.1 Å². The van der Waals surface area contributed by atoms with Crippen LogP contribution in [0.15, 0.2) is 54.6 Å². The van der Waals surface area contributed by atoms with Gasteiger partial charge in [-0.1, -0.05) is 48.0 Å². The molecular formula is C23H22ClN3OS. The number of nitrogens with zero attached hydrogens (tertiary/aromatic N) is 2. The van der Waals surface area contributed by atoms with Gasteiger partial charge in [-0.05, 0) is 36.6 Å². The number of carbonyl (C=O) groups is 1. The Balaban J connectivity index is 0.00000240. The molecule has 1 aromatic heterocycles. The number of hydrogen-bond donors (Lipinski definition) is 1. The number of amides is 1. The Morgan fingerprint density at radius 2 is 1.90 bits per heavy atom. The van der Waals surface area contributed by atoms with Crippen molar-refractivity contribution in [2.45, 2.75) is 26.4 Å². The van der Waals surface area contributed by atoms with Crippen molar-refractivity contribution < 1.29 is 4.79 Å². The Kier molecular flexibility index (Phi) is 6.71. The first-order valence-corrected chi connectivity index (χ1v) is 10.1. The Bertz CT molecular complexity index is 1040. The predicted molar refractivity (Wildman–Crippen MR) is 120 cm³/mol. The van der Waals surface area contributed by atoms with Crippen LogP contribution in [0, 0.1) is 18.3 Å². The fourth-order valence-corrected chi connectivity index (χ4v) is 4.76. The Morgan fingerprint density at radius 3 is 2.59 bits per heavy atom. The van der Waals surface area contributed by atoms with E-state index in [1.807, 2.05) is 37.3 Å². The number of benzene rings is 2. The van der Waals surface area contributed by atoms with Gasteiger partial charge in [0.1, 0.15) is 11.1 Å². The van der Waals surface area contributed by atoms with Gasteiger partial charge in [0, 0.05) is 30.1 Å². The first-order chi connectivity index (χ1) is 13.6. The molecule has 0 unspecified atom stereocenters. The number of aryl methyl sites for hydroxylation is 1. The van der Waals surface area contributed by atoms with Gasteiger partial charge in [0.2, 0.25) is 0 Å². The highest BCUT2D eigenvalue weighted by atomic mass is 35.5. The fourth-order valence-electron chi connectivity index (χ4n) is 3.52. The van der Waals surface area contributed by atoms with E-state index < -0.39 is 0 Å². The number of rotatable bonds is 4. The molecule has 0 fully saturated rings. The Labute approximate surface area is 181 Å². The molecule has 0 atom stereocenters. The van der Waals surface area contributed by atoms with Crippen LogP contribution in [0.1, 0.15) is 37.5 Å². The molecule has 3 aromatic rings. The summed E-state index contributed by atoms with van der Waals surface area (Å²) in [5, 5.41) is 13.3. The number of carbonyl (C=O) groups excluding carboxylic acids is 1. The van der Waals surface area contributed by atoms with E-state index in [-0.39, 0.29) is 18.3 Å². The van der Waals surface area contributed by atoms with Gasteiger partial charge in [-0.15, -0.1) is 23.7 Å². The first-order valence-electron chi connectivity index (χ1n) is 9.33. The van der Waals surface area contributed by atoms with Crippen molar-refractivity contribution in [3.8, 4) is 6.07 Å². The number of thiophene rings is 1. The first kappa shape index (κ1) is 21.1. The molecule has 2 aromatic carbocycles. The van der Waals surface area contributed by atoms with E-state index in [0.29, 0.717) is 16.1 Å². The second-order valence-electron chi connectivity index (χ2n) is 7.09. The van der Waals surface area contributed by atoms with Crippen LogP contribution < -0.4 is 5.32 Å². The van der Waals surface area contributed by atoms with Gasteiger partial charge in [0.05, 0.1) is 5.56 Å². The van der Waals surface area contributed by atoms with Crippen LogP contribution in [-0.4, -0.2) is 17.4 Å². The van der Waals surface area contributed by atoms with Crippen molar-refractivity contribution in [3.63, 3.8) is 0 Å². The predicted octanol–water partition coefficient (Wildman–Crippen LogP) is 5.16. The van der Waals surface area contributed by atoms with Crippen molar-refractivity contribution in [3.05, 3.63) is 87.3 Å². The molecule has 0 aliphatic carbocycles. The molecule has 1 aliphatic heterocycles. The number of anilines is 1. The minimum atomic E-state index is -0.170. The summed E-state index contributed by atoms with van der Waals surface area (Å²) in [6.07, 6.45) is 0.835. The van der Waals surface area contributed by atoms with Gasteiger partial charge in [0.25, 0.3) is 5.91 Å². The van der Waals surface area contributed by atoms with Crippen LogP contribution in [0.3, 0.4) is 0 Å². The summed E-state index contributed by atoms with van der Waals surface area (Å²) in [5.41, 5.74) is 4.72. The zero-order valence-electron chi connectivity index (χ0n) is 16.1. The average Bonchev–Trinajstić information content (AvgIpc) is 3.05. The molecule has 6 heteroatoms. The van der Waals surface area contributed by atoms with Crippen LogP contribution in [0.4, 0.5) is 5.00 Å². The third-order valence-corrected chi connectivity index (χ3v) is 6.17. The second kappa shape index (κ2) is 9.23. The standard InChI is InChI=1S/C23H21N3OS.ClH/c1-16-7-9-18(10-8-16)22(27)25-23-20(13-24)19-11-12-26(15-21(19)28-23)14-17-5-3-2-4-6-17;/h2-10H,11-12,14-15H2,1H3,(H,25,27);1H. The lowest BCUT2D eigenvalue weighted by Crippen LogP contribution is -2.29. The lowest BCUT2D eigenvalue weighted by atomic mass is 10.0. The van der Waals surface area contributed by atoms with Crippen LogP contribution in [0.25, 0.3) is 0 Å². The minimum Gasteiger partial charge on any atom is -0.312 e. The highest BCUT2D eigenvalue weighted by molar-refractivity contribution is 7.16. The van der Waals surface area contributed by atoms with Crippen molar-refractivity contribution in [1.29, 1.82) is 5.26 Å². The van der Waals surface area contributed by atoms with Crippen LogP contribution in [0.5, 0.6) is 0 Å². The van der Waals surface area contributed by atoms with E-state index in [1.54, 1.807) is 0 Å². The van der Waals surface area contributed by atoms with Crippen LogP contribution in [-0.2, 0) is 19.5 Å². The van der Waals surface area contributed by atoms with Gasteiger partial charge in [0.15, 0.2) is 0 Å². The number of nitrogens with one attached hydrogen (secondary N) is 1. The van der Waals surface area contributed by atoms with Crippen molar-refractivity contribution in [2.24, 2.45) is 0 Å². The summed E-state index contributed by atoms with van der Waals surface area (Å²) in [4.78, 5) is 16.2. The molecule has 0 radical (unpaired) electrons. The largest absolute Gasteiger partial charge is 0.312 e. The average molecular weight is 424 g/mol. The van der Waals surface area contributed by atoms with Gasteiger partial charge in [-0.25, -0.2) is 0 Å². The summed E-state index contributed by atoms with van der Waals surface area (Å²) >= 11 is 1.53. The number of fused-ring (bicyclic) bond motifs is 1. The molecule has 1 aliphatic rings. The molecule has 1 N–H and O–H groups in total. The maximum Gasteiger partial charge on any atom is 0.256 e. The molecule has 2 heterocycles. The van der Waals surface area contributed by atoms with Crippen molar-refractivity contribution >= 4 is 34.7 Å². The molecule has 0 spiro atoms. The van der Waals surface area contributed by atoms with Gasteiger partial charge >= 0.3 is 0 Å². The van der Waals surface area contributed by atoms with E-state index in [1.165, 1.54) is 21.8 Å². The lowest BCUT2D eigenvalue weighted by Gasteiger charge is -2.26. The highest BCUT2D eigenvalue weighted by Gasteiger charge is 2.25. The lowest BCUT2D eigenvalue weighted by molar-refractivity contribution is 0.102. The summed E-state index contributed by atoms with van der Waals surface area (Å²) in [5.74, 6) is -0.170. The molecule has 4 rings (SSSR count). The third-order valence-electron chi connectivity index (χ3n) is 5.04. The minimum absolute atomic E-state index is 0. The molecule has 0 saturated carbocycles. The molecule has 4 nitrogen and oxygen atoms in total. The number of nitriles is 1. The number of halogens is 1. The maximum absolute atomic E-state index is 12.6. The molecule has 0 bridgehead atoms. The SMILES string of the molecule is Cc1ccc(C(=O)Nc2sc3c(c2C#N)CCN(Cc2ccccc2)C3)cc1.Cl. The molecule has 1 amide bonds. The van der Waals surface area contributed by atoms with E-state index in [2.05, 4.69) is 40.6 Å². The van der Waals surface area contributed by atoms with Crippen LogP contribution in [0.2, 0.25) is 0 Å². The van der Waals surface area contributed by atoms with Crippen LogP contribution >= 0.6 is 23.7 Å². The number of hydrogen-bond acceptors (Lipinski definition) is 4. The van der Waals surface area contributed by atoms with Gasteiger partial charge < -0.3 is 5.32 Å². The molecule has 29 heavy (non-hydrogen) atoms. The zero-order chi connectivity index (χ0) is 19.5. The highest BCUT2D eigenvalue weighted by Crippen LogP contribution is 2.37. The summed E-state index contributed by atoms with van der Waals surface area (Å²) in [7, 11) is 0. The Morgan fingerprint density at radius 1 is 1.17 bits per heavy atom. The smallest absolute Gasteiger partial charge is 0.256 e. The summed E-state index contributed by atoms with van der Waals surface area (Å²) in [6.45, 7) is 4.61. The molecular weight excluding hydrogens is 402 g/mol. The second-order valence-corrected chi connectivity index (χ2v) is 8.19. The van der Waals surface area contributed by atoms with Crippen molar-refractivity contribution in [1.82, 2.24) is 4.90 Å². The maximum atomic E-state index is 12.6. The van der Waals surface area contributed by atoms with Gasteiger partial charge in [-0.3, -0.25) is 9.69 Å².